The molecule has 110 valence electrons. The SMILES string of the molecule is CCCNC1COCC1C(=O)NC(C)(C)CC(N)=O. The average Bonchev–Trinajstić information content (AvgIpc) is 2.71. The fraction of sp³-hybridized carbons (Fsp3) is 0.846. The zero-order chi connectivity index (χ0) is 14.5. The molecule has 1 heterocycles. The maximum absolute atomic E-state index is 12.2. The van der Waals surface area contributed by atoms with Gasteiger partial charge in [0.05, 0.1) is 19.1 Å². The molecule has 4 N–H and O–H groups in total. The molecular weight excluding hydrogens is 246 g/mol. The Kier molecular flexibility index (Phi) is 5.75. The standard InChI is InChI=1S/C13H25N3O3/c1-4-5-15-10-8-19-7-9(10)12(18)16-13(2,3)6-11(14)17/h9-10,15H,4-8H2,1-3H3,(H2,14,17)(H,16,18). The molecule has 0 aliphatic carbocycles. The van der Waals surface area contributed by atoms with Crippen LogP contribution in [0, 0.1) is 5.92 Å². The third-order valence-electron chi connectivity index (χ3n) is 3.15. The van der Waals surface area contributed by atoms with E-state index in [1.807, 2.05) is 0 Å². The van der Waals surface area contributed by atoms with Gasteiger partial charge in [-0.3, -0.25) is 9.59 Å². The van der Waals surface area contributed by atoms with Gasteiger partial charge in [-0.25, -0.2) is 0 Å². The lowest BCUT2D eigenvalue weighted by atomic mass is 9.96. The van der Waals surface area contributed by atoms with Crippen molar-refractivity contribution in [2.45, 2.75) is 45.2 Å². The second-order valence-electron chi connectivity index (χ2n) is 5.72. The summed E-state index contributed by atoms with van der Waals surface area (Å²) in [6, 6.07) is 0.0457. The summed E-state index contributed by atoms with van der Waals surface area (Å²) < 4.78 is 5.37. The zero-order valence-corrected chi connectivity index (χ0v) is 12.0. The number of hydrogen-bond acceptors (Lipinski definition) is 4. The smallest absolute Gasteiger partial charge is 0.227 e. The minimum absolute atomic E-state index is 0.0457. The van der Waals surface area contributed by atoms with Crippen LogP contribution in [0.3, 0.4) is 0 Å². The highest BCUT2D eigenvalue weighted by Crippen LogP contribution is 2.16. The van der Waals surface area contributed by atoms with Crippen molar-refractivity contribution < 1.29 is 14.3 Å². The summed E-state index contributed by atoms with van der Waals surface area (Å²) in [5, 5.41) is 6.19. The second-order valence-corrected chi connectivity index (χ2v) is 5.72. The lowest BCUT2D eigenvalue weighted by molar-refractivity contribution is -0.127. The predicted molar refractivity (Wildman–Crippen MR) is 72.4 cm³/mol. The number of nitrogens with two attached hydrogens (primary N) is 1. The van der Waals surface area contributed by atoms with Crippen LogP contribution in [0.25, 0.3) is 0 Å². The minimum atomic E-state index is -0.624. The first kappa shape index (κ1) is 15.9. The van der Waals surface area contributed by atoms with E-state index >= 15 is 0 Å². The van der Waals surface area contributed by atoms with Crippen molar-refractivity contribution >= 4 is 11.8 Å². The van der Waals surface area contributed by atoms with E-state index in [4.69, 9.17) is 10.5 Å². The van der Waals surface area contributed by atoms with Crippen LogP contribution in [0.2, 0.25) is 0 Å². The molecule has 0 bridgehead atoms. The van der Waals surface area contributed by atoms with Crippen LogP contribution in [0.5, 0.6) is 0 Å². The number of carbonyl (C=O) groups excluding carboxylic acids is 2. The first-order valence-corrected chi connectivity index (χ1v) is 6.77. The fourth-order valence-corrected chi connectivity index (χ4v) is 2.25. The highest BCUT2D eigenvalue weighted by Gasteiger charge is 2.36. The van der Waals surface area contributed by atoms with Crippen molar-refractivity contribution in [3.63, 3.8) is 0 Å². The molecule has 2 amide bonds. The van der Waals surface area contributed by atoms with Crippen LogP contribution < -0.4 is 16.4 Å². The van der Waals surface area contributed by atoms with E-state index in [1.54, 1.807) is 13.8 Å². The van der Waals surface area contributed by atoms with Gasteiger partial charge in [0.15, 0.2) is 0 Å². The lowest BCUT2D eigenvalue weighted by Gasteiger charge is -2.28. The molecule has 0 saturated carbocycles. The molecule has 0 spiro atoms. The van der Waals surface area contributed by atoms with Crippen molar-refractivity contribution in [1.82, 2.24) is 10.6 Å². The summed E-state index contributed by atoms with van der Waals surface area (Å²) in [6.07, 6.45) is 1.14. The molecule has 6 nitrogen and oxygen atoms in total. The molecule has 2 atom stereocenters. The van der Waals surface area contributed by atoms with Gasteiger partial charge in [0.25, 0.3) is 0 Å². The molecular formula is C13H25N3O3. The Morgan fingerprint density at radius 1 is 1.37 bits per heavy atom. The molecule has 0 aromatic carbocycles. The Labute approximate surface area is 114 Å². The quantitative estimate of drug-likeness (QED) is 0.596. The molecule has 1 aliphatic heterocycles. The van der Waals surface area contributed by atoms with E-state index in [1.165, 1.54) is 0 Å². The van der Waals surface area contributed by atoms with Gasteiger partial charge in [0.2, 0.25) is 11.8 Å². The number of carbonyl (C=O) groups is 2. The summed E-state index contributed by atoms with van der Waals surface area (Å²) in [5.41, 5.74) is 4.55. The van der Waals surface area contributed by atoms with Gasteiger partial charge < -0.3 is 21.1 Å². The van der Waals surface area contributed by atoms with E-state index in [2.05, 4.69) is 17.6 Å². The van der Waals surface area contributed by atoms with E-state index in [0.717, 1.165) is 13.0 Å². The van der Waals surface area contributed by atoms with Crippen LogP contribution in [-0.2, 0) is 14.3 Å². The number of hydrogen-bond donors (Lipinski definition) is 3. The predicted octanol–water partition coefficient (Wildman–Crippen LogP) is -0.229. The number of amides is 2. The summed E-state index contributed by atoms with van der Waals surface area (Å²) in [7, 11) is 0. The van der Waals surface area contributed by atoms with E-state index in [0.29, 0.717) is 13.2 Å². The monoisotopic (exact) mass is 271 g/mol. The van der Waals surface area contributed by atoms with Gasteiger partial charge in [0, 0.05) is 18.0 Å². The van der Waals surface area contributed by atoms with Crippen LogP contribution in [-0.4, -0.2) is 43.2 Å². The number of primary amides is 1. The number of nitrogens with one attached hydrogen (secondary N) is 2. The number of rotatable bonds is 7. The van der Waals surface area contributed by atoms with Gasteiger partial charge >= 0.3 is 0 Å². The Morgan fingerprint density at radius 2 is 2.05 bits per heavy atom. The molecule has 2 unspecified atom stereocenters. The third-order valence-corrected chi connectivity index (χ3v) is 3.15. The first-order chi connectivity index (χ1) is 8.85. The van der Waals surface area contributed by atoms with Crippen LogP contribution >= 0.6 is 0 Å². The normalized spacial score (nSPS) is 23.3. The molecule has 19 heavy (non-hydrogen) atoms. The molecule has 0 aromatic rings. The van der Waals surface area contributed by atoms with Crippen molar-refractivity contribution in [2.75, 3.05) is 19.8 Å². The molecule has 6 heteroatoms. The van der Waals surface area contributed by atoms with Crippen molar-refractivity contribution in [1.29, 1.82) is 0 Å². The molecule has 1 saturated heterocycles. The number of ether oxygens (including phenoxy) is 1. The van der Waals surface area contributed by atoms with Crippen molar-refractivity contribution in [3.8, 4) is 0 Å². The Morgan fingerprint density at radius 3 is 2.63 bits per heavy atom. The molecule has 0 aromatic heterocycles. The lowest BCUT2D eigenvalue weighted by Crippen LogP contribution is -2.52. The van der Waals surface area contributed by atoms with Crippen molar-refractivity contribution in [3.05, 3.63) is 0 Å². The zero-order valence-electron chi connectivity index (χ0n) is 12.0. The highest BCUT2D eigenvalue weighted by molar-refractivity contribution is 5.82. The molecule has 0 radical (unpaired) electrons. The Hall–Kier alpha value is -1.14. The van der Waals surface area contributed by atoms with Crippen LogP contribution in [0.4, 0.5) is 0 Å². The minimum Gasteiger partial charge on any atom is -0.379 e. The second kappa shape index (κ2) is 6.86. The Balaban J connectivity index is 2.54. The topological polar surface area (TPSA) is 93.4 Å². The van der Waals surface area contributed by atoms with Gasteiger partial charge in [-0.15, -0.1) is 0 Å². The van der Waals surface area contributed by atoms with Gasteiger partial charge in [-0.2, -0.15) is 0 Å². The fourth-order valence-electron chi connectivity index (χ4n) is 2.25. The Bertz CT molecular complexity index is 331. The summed E-state index contributed by atoms with van der Waals surface area (Å²) >= 11 is 0. The van der Waals surface area contributed by atoms with E-state index < -0.39 is 11.4 Å². The van der Waals surface area contributed by atoms with Crippen LogP contribution in [0.1, 0.15) is 33.6 Å². The highest BCUT2D eigenvalue weighted by atomic mass is 16.5. The third kappa shape index (κ3) is 5.16. The van der Waals surface area contributed by atoms with Crippen LogP contribution in [0.15, 0.2) is 0 Å². The van der Waals surface area contributed by atoms with E-state index in [-0.39, 0.29) is 24.3 Å². The van der Waals surface area contributed by atoms with Gasteiger partial charge in [0.1, 0.15) is 0 Å². The summed E-state index contributed by atoms with van der Waals surface area (Å²) in [6.45, 7) is 7.49. The maximum atomic E-state index is 12.2. The molecule has 1 fully saturated rings. The van der Waals surface area contributed by atoms with Gasteiger partial charge in [-0.1, -0.05) is 6.92 Å². The van der Waals surface area contributed by atoms with E-state index in [9.17, 15) is 9.59 Å². The molecule has 1 aliphatic rings. The largest absolute Gasteiger partial charge is 0.379 e. The summed E-state index contributed by atoms with van der Waals surface area (Å²) in [4.78, 5) is 23.2. The van der Waals surface area contributed by atoms with Gasteiger partial charge in [-0.05, 0) is 26.8 Å². The summed E-state index contributed by atoms with van der Waals surface area (Å²) in [5.74, 6) is -0.718. The molecule has 1 rings (SSSR count). The average molecular weight is 271 g/mol. The first-order valence-electron chi connectivity index (χ1n) is 6.77. The maximum Gasteiger partial charge on any atom is 0.227 e. The van der Waals surface area contributed by atoms with Crippen molar-refractivity contribution in [2.24, 2.45) is 11.7 Å².